The number of hydrogen-bond donors (Lipinski definition) is 2. The van der Waals surface area contributed by atoms with Gasteiger partial charge in [-0.2, -0.15) is 0 Å². The van der Waals surface area contributed by atoms with Gasteiger partial charge in [0.15, 0.2) is 0 Å². The molecule has 0 heterocycles. The van der Waals surface area contributed by atoms with E-state index in [2.05, 4.69) is 11.9 Å². The van der Waals surface area contributed by atoms with Gasteiger partial charge in [0.1, 0.15) is 0 Å². The standard InChI is InChI=1S/C13H17NO2/c1-10(2)8-14-9-12(13(15)16)11-6-4-3-5-7-11/h3-7,12,14H,1,8-9H2,2H3,(H,15,16). The first kappa shape index (κ1) is 12.5. The fourth-order valence-corrected chi connectivity index (χ4v) is 1.46. The van der Waals surface area contributed by atoms with Crippen molar-refractivity contribution in [2.75, 3.05) is 13.1 Å². The van der Waals surface area contributed by atoms with Crippen LogP contribution < -0.4 is 5.32 Å². The summed E-state index contributed by atoms with van der Waals surface area (Å²) in [5.41, 5.74) is 1.82. The Hall–Kier alpha value is -1.61. The fraction of sp³-hybridized carbons (Fsp3) is 0.308. The van der Waals surface area contributed by atoms with Crippen molar-refractivity contribution in [2.45, 2.75) is 12.8 Å². The molecule has 3 nitrogen and oxygen atoms in total. The highest BCUT2D eigenvalue weighted by atomic mass is 16.4. The molecule has 0 fully saturated rings. The average molecular weight is 219 g/mol. The van der Waals surface area contributed by atoms with Crippen LogP contribution in [0.4, 0.5) is 0 Å². The Morgan fingerprint density at radius 1 is 1.44 bits per heavy atom. The Morgan fingerprint density at radius 2 is 2.06 bits per heavy atom. The third-order valence-corrected chi connectivity index (χ3v) is 2.28. The van der Waals surface area contributed by atoms with Gasteiger partial charge in [-0.3, -0.25) is 4.79 Å². The molecule has 1 aromatic carbocycles. The highest BCUT2D eigenvalue weighted by Crippen LogP contribution is 2.14. The monoisotopic (exact) mass is 219 g/mol. The van der Waals surface area contributed by atoms with E-state index in [1.54, 1.807) is 0 Å². The molecule has 1 rings (SSSR count). The van der Waals surface area contributed by atoms with Gasteiger partial charge in [0.2, 0.25) is 0 Å². The Morgan fingerprint density at radius 3 is 2.56 bits per heavy atom. The summed E-state index contributed by atoms with van der Waals surface area (Å²) < 4.78 is 0. The molecule has 0 aromatic heterocycles. The third kappa shape index (κ3) is 3.87. The van der Waals surface area contributed by atoms with Crippen molar-refractivity contribution in [1.82, 2.24) is 5.32 Å². The first-order valence-corrected chi connectivity index (χ1v) is 5.24. The largest absolute Gasteiger partial charge is 0.481 e. The minimum absolute atomic E-state index is 0.423. The Balaban J connectivity index is 2.62. The lowest BCUT2D eigenvalue weighted by molar-refractivity contribution is -0.138. The number of carboxylic acid groups (broad SMARTS) is 1. The van der Waals surface area contributed by atoms with Crippen LogP contribution in [0.3, 0.4) is 0 Å². The topological polar surface area (TPSA) is 49.3 Å². The molecule has 0 aliphatic carbocycles. The number of carbonyl (C=O) groups is 1. The number of rotatable bonds is 6. The zero-order valence-corrected chi connectivity index (χ0v) is 9.44. The SMILES string of the molecule is C=C(C)CNCC(C(=O)O)c1ccccc1. The quantitative estimate of drug-likeness (QED) is 0.720. The first-order valence-electron chi connectivity index (χ1n) is 5.24. The summed E-state index contributed by atoms with van der Waals surface area (Å²) in [4.78, 5) is 11.1. The summed E-state index contributed by atoms with van der Waals surface area (Å²) in [6.07, 6.45) is 0. The van der Waals surface area contributed by atoms with Gasteiger partial charge >= 0.3 is 5.97 Å². The van der Waals surface area contributed by atoms with E-state index in [0.717, 1.165) is 11.1 Å². The minimum atomic E-state index is -0.805. The van der Waals surface area contributed by atoms with Crippen LogP contribution in [0.2, 0.25) is 0 Å². The van der Waals surface area contributed by atoms with Crippen LogP contribution in [-0.4, -0.2) is 24.2 Å². The summed E-state index contributed by atoms with van der Waals surface area (Å²) in [7, 11) is 0. The van der Waals surface area contributed by atoms with Crippen LogP contribution in [0, 0.1) is 0 Å². The fourth-order valence-electron chi connectivity index (χ4n) is 1.46. The van der Waals surface area contributed by atoms with E-state index in [-0.39, 0.29) is 0 Å². The van der Waals surface area contributed by atoms with Crippen LogP contribution in [0.25, 0.3) is 0 Å². The van der Waals surface area contributed by atoms with E-state index in [9.17, 15) is 4.79 Å². The molecular formula is C13H17NO2. The van der Waals surface area contributed by atoms with Crippen molar-refractivity contribution in [3.05, 3.63) is 48.0 Å². The summed E-state index contributed by atoms with van der Waals surface area (Å²) in [5, 5.41) is 12.2. The molecule has 16 heavy (non-hydrogen) atoms. The van der Waals surface area contributed by atoms with Crippen molar-refractivity contribution in [3.8, 4) is 0 Å². The zero-order chi connectivity index (χ0) is 12.0. The molecule has 0 amide bonds. The molecule has 0 aliphatic rings. The highest BCUT2D eigenvalue weighted by molar-refractivity contribution is 5.76. The Bertz CT molecular complexity index is 359. The molecule has 3 heteroatoms. The lowest BCUT2D eigenvalue weighted by Crippen LogP contribution is -2.27. The van der Waals surface area contributed by atoms with Crippen molar-refractivity contribution in [1.29, 1.82) is 0 Å². The van der Waals surface area contributed by atoms with Crippen molar-refractivity contribution < 1.29 is 9.90 Å². The maximum Gasteiger partial charge on any atom is 0.312 e. The van der Waals surface area contributed by atoms with E-state index < -0.39 is 11.9 Å². The molecule has 0 spiro atoms. The van der Waals surface area contributed by atoms with E-state index in [4.69, 9.17) is 5.11 Å². The lowest BCUT2D eigenvalue weighted by Gasteiger charge is -2.13. The number of aliphatic carboxylic acids is 1. The van der Waals surface area contributed by atoms with Crippen LogP contribution in [0.15, 0.2) is 42.5 Å². The molecule has 0 bridgehead atoms. The summed E-state index contributed by atoms with van der Waals surface area (Å²) >= 11 is 0. The van der Waals surface area contributed by atoms with Crippen LogP contribution in [-0.2, 0) is 4.79 Å². The highest BCUT2D eigenvalue weighted by Gasteiger charge is 2.18. The van der Waals surface area contributed by atoms with Gasteiger partial charge < -0.3 is 10.4 Å². The van der Waals surface area contributed by atoms with Gasteiger partial charge in [-0.15, -0.1) is 0 Å². The normalized spacial score (nSPS) is 12.1. The van der Waals surface area contributed by atoms with Crippen molar-refractivity contribution in [3.63, 3.8) is 0 Å². The molecule has 1 unspecified atom stereocenters. The maximum absolute atomic E-state index is 11.1. The Labute approximate surface area is 95.8 Å². The van der Waals surface area contributed by atoms with Gasteiger partial charge in [-0.1, -0.05) is 42.5 Å². The number of benzene rings is 1. The van der Waals surface area contributed by atoms with Crippen LogP contribution in [0.5, 0.6) is 0 Å². The van der Waals surface area contributed by atoms with E-state index in [0.29, 0.717) is 13.1 Å². The van der Waals surface area contributed by atoms with Crippen molar-refractivity contribution in [2.24, 2.45) is 0 Å². The van der Waals surface area contributed by atoms with E-state index >= 15 is 0 Å². The first-order chi connectivity index (χ1) is 7.61. The molecule has 0 saturated heterocycles. The zero-order valence-electron chi connectivity index (χ0n) is 9.44. The molecule has 0 saturated carbocycles. The maximum atomic E-state index is 11.1. The second-order valence-corrected chi connectivity index (χ2v) is 3.89. The lowest BCUT2D eigenvalue weighted by atomic mass is 9.99. The van der Waals surface area contributed by atoms with Gasteiger partial charge in [-0.25, -0.2) is 0 Å². The van der Waals surface area contributed by atoms with Gasteiger partial charge in [0.25, 0.3) is 0 Å². The third-order valence-electron chi connectivity index (χ3n) is 2.28. The smallest absolute Gasteiger partial charge is 0.312 e. The summed E-state index contributed by atoms with van der Waals surface area (Å²) in [6, 6.07) is 9.25. The van der Waals surface area contributed by atoms with Crippen molar-refractivity contribution >= 4 is 5.97 Å². The minimum Gasteiger partial charge on any atom is -0.481 e. The molecule has 0 radical (unpaired) electrons. The number of nitrogens with one attached hydrogen (secondary N) is 1. The summed E-state index contributed by atoms with van der Waals surface area (Å²) in [5.74, 6) is -1.30. The average Bonchev–Trinajstić information content (AvgIpc) is 2.25. The molecule has 1 atom stereocenters. The van der Waals surface area contributed by atoms with Gasteiger partial charge in [0, 0.05) is 13.1 Å². The predicted molar refractivity (Wildman–Crippen MR) is 64.5 cm³/mol. The van der Waals surface area contributed by atoms with Gasteiger partial charge in [-0.05, 0) is 12.5 Å². The number of hydrogen-bond acceptors (Lipinski definition) is 2. The molecule has 86 valence electrons. The second-order valence-electron chi connectivity index (χ2n) is 3.89. The van der Waals surface area contributed by atoms with Crippen LogP contribution in [0.1, 0.15) is 18.4 Å². The molecule has 0 aliphatic heterocycles. The Kier molecular flexibility index (Phi) is 4.73. The second kappa shape index (κ2) is 6.08. The predicted octanol–water partition coefficient (Wildman–Crippen LogP) is 2.02. The van der Waals surface area contributed by atoms with E-state index in [1.165, 1.54) is 0 Å². The molecule has 1 aromatic rings. The molecular weight excluding hydrogens is 202 g/mol. The molecule has 2 N–H and O–H groups in total. The van der Waals surface area contributed by atoms with Gasteiger partial charge in [0.05, 0.1) is 5.92 Å². The number of carboxylic acids is 1. The van der Waals surface area contributed by atoms with E-state index in [1.807, 2.05) is 37.3 Å². The van der Waals surface area contributed by atoms with Crippen LogP contribution >= 0.6 is 0 Å². The summed E-state index contributed by atoms with van der Waals surface area (Å²) in [6.45, 7) is 6.74.